The van der Waals surface area contributed by atoms with E-state index in [0.29, 0.717) is 17.8 Å². The Kier molecular flexibility index (Phi) is 7.40. The summed E-state index contributed by atoms with van der Waals surface area (Å²) < 4.78 is 31.9. The Hall–Kier alpha value is -2.42. The smallest absolute Gasteiger partial charge is 0.240 e. The zero-order valence-electron chi connectivity index (χ0n) is 17.8. The summed E-state index contributed by atoms with van der Waals surface area (Å²) in [5.41, 5.74) is 4.25. The largest absolute Gasteiger partial charge is 0.496 e. The van der Waals surface area contributed by atoms with Crippen LogP contribution in [0, 0.1) is 20.8 Å². The number of nitrogens with zero attached hydrogens (tertiary/aromatic N) is 1. The van der Waals surface area contributed by atoms with Gasteiger partial charge in [0.05, 0.1) is 18.6 Å². The first-order chi connectivity index (χ1) is 13.6. The van der Waals surface area contributed by atoms with Gasteiger partial charge in [-0.3, -0.25) is 9.69 Å². The number of hydrogen-bond acceptors (Lipinski definition) is 5. The number of likely N-dealkylation sites (N-methyl/N-ethyl adjacent to an activating group) is 1. The van der Waals surface area contributed by atoms with E-state index in [1.165, 1.54) is 13.1 Å². The lowest BCUT2D eigenvalue weighted by Gasteiger charge is -2.18. The van der Waals surface area contributed by atoms with E-state index in [1.807, 2.05) is 25.8 Å². The third-order valence-corrected chi connectivity index (χ3v) is 6.18. The summed E-state index contributed by atoms with van der Waals surface area (Å²) in [4.78, 5) is 14.5. The molecule has 0 aromatic heterocycles. The second-order valence-corrected chi connectivity index (χ2v) is 9.03. The van der Waals surface area contributed by atoms with Gasteiger partial charge in [-0.1, -0.05) is 18.2 Å². The molecule has 0 saturated carbocycles. The Morgan fingerprint density at radius 1 is 1.07 bits per heavy atom. The van der Waals surface area contributed by atoms with Crippen molar-refractivity contribution in [2.24, 2.45) is 0 Å². The molecule has 0 aliphatic rings. The number of nitrogens with one attached hydrogen (secondary N) is 2. The highest BCUT2D eigenvalue weighted by Crippen LogP contribution is 2.25. The summed E-state index contributed by atoms with van der Waals surface area (Å²) >= 11 is 0. The molecule has 2 N–H and O–H groups in total. The average molecular weight is 420 g/mol. The molecule has 0 spiro atoms. The zero-order valence-corrected chi connectivity index (χ0v) is 18.6. The van der Waals surface area contributed by atoms with Crippen molar-refractivity contribution in [3.8, 4) is 5.75 Å². The number of sulfonamides is 1. The topological polar surface area (TPSA) is 87.7 Å². The molecule has 1 amide bonds. The number of amides is 1. The van der Waals surface area contributed by atoms with Crippen LogP contribution in [-0.2, 0) is 21.4 Å². The van der Waals surface area contributed by atoms with Crippen LogP contribution in [0.25, 0.3) is 0 Å². The van der Waals surface area contributed by atoms with Crippen molar-refractivity contribution in [1.82, 2.24) is 9.62 Å². The molecule has 29 heavy (non-hydrogen) atoms. The van der Waals surface area contributed by atoms with Crippen LogP contribution >= 0.6 is 0 Å². The molecule has 2 aromatic rings. The van der Waals surface area contributed by atoms with Gasteiger partial charge in [0.15, 0.2) is 0 Å². The molecule has 0 unspecified atom stereocenters. The van der Waals surface area contributed by atoms with Gasteiger partial charge in [-0.25, -0.2) is 13.1 Å². The van der Waals surface area contributed by atoms with Crippen molar-refractivity contribution in [3.63, 3.8) is 0 Å². The second-order valence-electron chi connectivity index (χ2n) is 7.17. The molecule has 0 fully saturated rings. The standard InChI is InChI=1S/C21H29N3O4S/c1-14-7-8-18(11-19(14)29(26,27)22-4)23-20(25)13-24(5)12-17-9-15(2)21(28-6)16(3)10-17/h7-11,22H,12-13H2,1-6H3,(H,23,25). The van der Waals surface area contributed by atoms with E-state index >= 15 is 0 Å². The van der Waals surface area contributed by atoms with Crippen LogP contribution in [0.1, 0.15) is 22.3 Å². The minimum atomic E-state index is -3.59. The van der Waals surface area contributed by atoms with Gasteiger partial charge in [-0.15, -0.1) is 0 Å². The molecule has 2 aromatic carbocycles. The molecule has 0 bridgehead atoms. The van der Waals surface area contributed by atoms with Crippen LogP contribution in [0.2, 0.25) is 0 Å². The first kappa shape index (κ1) is 22.9. The van der Waals surface area contributed by atoms with Crippen LogP contribution in [0.4, 0.5) is 5.69 Å². The van der Waals surface area contributed by atoms with E-state index in [4.69, 9.17) is 4.74 Å². The van der Waals surface area contributed by atoms with Crippen molar-refractivity contribution in [2.75, 3.05) is 33.1 Å². The normalized spacial score (nSPS) is 11.6. The Morgan fingerprint density at radius 3 is 2.24 bits per heavy atom. The Morgan fingerprint density at radius 2 is 1.69 bits per heavy atom. The highest BCUT2D eigenvalue weighted by atomic mass is 32.2. The Bertz CT molecular complexity index is 980. The maximum atomic E-state index is 12.4. The lowest BCUT2D eigenvalue weighted by Crippen LogP contribution is -2.30. The van der Waals surface area contributed by atoms with Gasteiger partial charge in [0, 0.05) is 12.2 Å². The average Bonchev–Trinajstić information content (AvgIpc) is 2.62. The lowest BCUT2D eigenvalue weighted by atomic mass is 10.1. The minimum absolute atomic E-state index is 0.148. The summed E-state index contributed by atoms with van der Waals surface area (Å²) in [5.74, 6) is 0.659. The highest BCUT2D eigenvalue weighted by molar-refractivity contribution is 7.89. The van der Waals surface area contributed by atoms with Gasteiger partial charge >= 0.3 is 0 Å². The summed E-state index contributed by atoms with van der Waals surface area (Å²) in [5, 5.41) is 2.77. The number of anilines is 1. The van der Waals surface area contributed by atoms with Crippen LogP contribution in [0.3, 0.4) is 0 Å². The van der Waals surface area contributed by atoms with Crippen molar-refractivity contribution < 1.29 is 17.9 Å². The zero-order chi connectivity index (χ0) is 21.8. The monoisotopic (exact) mass is 419 g/mol. The first-order valence-electron chi connectivity index (χ1n) is 9.24. The summed E-state index contributed by atoms with van der Waals surface area (Å²) in [6.45, 7) is 6.48. The predicted octanol–water partition coefficient (Wildman–Crippen LogP) is 2.60. The molecular weight excluding hydrogens is 390 g/mol. The summed E-state index contributed by atoms with van der Waals surface area (Å²) in [6.07, 6.45) is 0. The number of benzene rings is 2. The molecule has 0 aliphatic carbocycles. The van der Waals surface area contributed by atoms with E-state index in [0.717, 1.165) is 22.4 Å². The Balaban J connectivity index is 2.05. The fourth-order valence-electron chi connectivity index (χ4n) is 3.34. The summed E-state index contributed by atoms with van der Waals surface area (Å²) in [7, 11) is 1.29. The summed E-state index contributed by atoms with van der Waals surface area (Å²) in [6, 6.07) is 8.93. The third-order valence-electron chi connectivity index (χ3n) is 4.62. The number of aryl methyl sites for hydroxylation is 3. The molecule has 0 radical (unpaired) electrons. The maximum absolute atomic E-state index is 12.4. The van der Waals surface area contributed by atoms with E-state index in [1.54, 1.807) is 26.2 Å². The number of methoxy groups -OCH3 is 1. The molecule has 8 heteroatoms. The molecule has 0 saturated heterocycles. The minimum Gasteiger partial charge on any atom is -0.496 e. The second kappa shape index (κ2) is 9.39. The van der Waals surface area contributed by atoms with Gasteiger partial charge in [-0.2, -0.15) is 0 Å². The van der Waals surface area contributed by atoms with Crippen LogP contribution < -0.4 is 14.8 Å². The van der Waals surface area contributed by atoms with Gasteiger partial charge in [0.1, 0.15) is 5.75 Å². The molecule has 2 rings (SSSR count). The van der Waals surface area contributed by atoms with Crippen LogP contribution in [0.15, 0.2) is 35.2 Å². The maximum Gasteiger partial charge on any atom is 0.240 e. The van der Waals surface area contributed by atoms with Crippen LogP contribution in [-0.4, -0.2) is 47.0 Å². The lowest BCUT2D eigenvalue weighted by molar-refractivity contribution is -0.117. The van der Waals surface area contributed by atoms with Crippen molar-refractivity contribution in [3.05, 3.63) is 52.6 Å². The third kappa shape index (κ3) is 5.79. The van der Waals surface area contributed by atoms with Gasteiger partial charge in [0.25, 0.3) is 0 Å². The predicted molar refractivity (Wildman–Crippen MR) is 115 cm³/mol. The van der Waals surface area contributed by atoms with E-state index < -0.39 is 10.0 Å². The molecule has 0 atom stereocenters. The molecule has 0 heterocycles. The number of carbonyl (C=O) groups excluding carboxylic acids is 1. The van der Waals surface area contributed by atoms with Crippen molar-refractivity contribution >= 4 is 21.6 Å². The van der Waals surface area contributed by atoms with Gasteiger partial charge in [0.2, 0.25) is 15.9 Å². The molecule has 158 valence electrons. The quantitative estimate of drug-likeness (QED) is 0.687. The first-order valence-corrected chi connectivity index (χ1v) is 10.7. The fraction of sp³-hybridized carbons (Fsp3) is 0.381. The molecule has 7 nitrogen and oxygen atoms in total. The fourth-order valence-corrected chi connectivity index (χ4v) is 4.34. The SMILES string of the molecule is CNS(=O)(=O)c1cc(NC(=O)CN(C)Cc2cc(C)c(OC)c(C)c2)ccc1C. The number of ether oxygens (including phenoxy) is 1. The van der Waals surface area contributed by atoms with Crippen molar-refractivity contribution in [2.45, 2.75) is 32.2 Å². The number of carbonyl (C=O) groups is 1. The molecule has 0 aliphatic heterocycles. The van der Waals surface area contributed by atoms with E-state index in [2.05, 4.69) is 22.2 Å². The van der Waals surface area contributed by atoms with Gasteiger partial charge in [-0.05, 0) is 69.3 Å². The number of rotatable bonds is 8. The Labute approximate surface area is 173 Å². The van der Waals surface area contributed by atoms with E-state index in [9.17, 15) is 13.2 Å². The molecular formula is C21H29N3O4S. The highest BCUT2D eigenvalue weighted by Gasteiger charge is 2.16. The van der Waals surface area contributed by atoms with E-state index in [-0.39, 0.29) is 17.3 Å². The van der Waals surface area contributed by atoms with Gasteiger partial charge < -0.3 is 10.1 Å². The van der Waals surface area contributed by atoms with Crippen LogP contribution in [0.5, 0.6) is 5.75 Å². The van der Waals surface area contributed by atoms with Crippen molar-refractivity contribution in [1.29, 1.82) is 0 Å². The number of hydrogen-bond donors (Lipinski definition) is 2.